The Hall–Kier alpha value is -3.97. The second kappa shape index (κ2) is 11.4. The number of anilines is 1. The fourth-order valence-electron chi connectivity index (χ4n) is 4.85. The molecule has 4 rings (SSSR count). The predicted molar refractivity (Wildman–Crippen MR) is 152 cm³/mol. The number of aliphatic hydroxyl groups is 1. The number of nitrogens with zero attached hydrogens (tertiary/aromatic N) is 1. The molecule has 0 aliphatic carbocycles. The Labute approximate surface area is 233 Å². The van der Waals surface area contributed by atoms with E-state index in [1.165, 1.54) is 11.0 Å². The lowest BCUT2D eigenvalue weighted by atomic mass is 9.92. The number of hydrogen-bond acceptors (Lipinski definition) is 6. The van der Waals surface area contributed by atoms with E-state index in [2.05, 4.69) is 0 Å². The Morgan fingerprint density at radius 3 is 2.31 bits per heavy atom. The van der Waals surface area contributed by atoms with Crippen LogP contribution in [-0.2, 0) is 9.59 Å². The smallest absolute Gasteiger partial charge is 0.300 e. The molecule has 39 heavy (non-hydrogen) atoms. The Morgan fingerprint density at radius 1 is 0.974 bits per heavy atom. The van der Waals surface area contributed by atoms with Crippen molar-refractivity contribution in [2.45, 2.75) is 46.6 Å². The summed E-state index contributed by atoms with van der Waals surface area (Å²) in [6, 6.07) is 13.9. The summed E-state index contributed by atoms with van der Waals surface area (Å²) in [6.07, 6.45) is 0. The highest BCUT2D eigenvalue weighted by Crippen LogP contribution is 2.45. The molecule has 0 bridgehead atoms. The molecular formula is C31H32ClNO6. The highest BCUT2D eigenvalue weighted by atomic mass is 35.5. The first-order chi connectivity index (χ1) is 18.6. The van der Waals surface area contributed by atoms with Crippen LogP contribution in [0.5, 0.6) is 17.2 Å². The molecule has 0 radical (unpaired) electrons. The molecule has 1 saturated heterocycles. The van der Waals surface area contributed by atoms with Gasteiger partial charge in [-0.25, -0.2) is 0 Å². The molecule has 0 spiro atoms. The van der Waals surface area contributed by atoms with Gasteiger partial charge in [-0.15, -0.1) is 0 Å². The van der Waals surface area contributed by atoms with Crippen molar-refractivity contribution in [2.75, 3.05) is 18.1 Å². The Kier molecular flexibility index (Phi) is 8.21. The van der Waals surface area contributed by atoms with Gasteiger partial charge in [0.05, 0.1) is 24.8 Å². The quantitative estimate of drug-likeness (QED) is 0.180. The standard InChI is InChI=1S/C31H32ClNO6/c1-6-38-25-13-9-20(15-22(25)17(3)4)29(35)27-28(19-8-12-24(34)26(16-19)39-7-2)33(31(37)30(27)36)23-11-10-21(32)14-18(23)5/h8-17,28,34-35H,6-7H2,1-5H3/b29-27+. The largest absolute Gasteiger partial charge is 0.507 e. The third kappa shape index (κ3) is 5.32. The van der Waals surface area contributed by atoms with E-state index in [1.807, 2.05) is 20.8 Å². The number of aliphatic hydroxyl groups excluding tert-OH is 1. The molecule has 3 aromatic carbocycles. The fraction of sp³-hybridized carbons (Fsp3) is 0.290. The Bertz CT molecular complexity index is 1460. The molecule has 1 atom stereocenters. The number of hydrogen-bond donors (Lipinski definition) is 2. The van der Waals surface area contributed by atoms with Crippen LogP contribution in [0.25, 0.3) is 5.76 Å². The minimum absolute atomic E-state index is 0.0682. The molecule has 0 aromatic heterocycles. The number of benzene rings is 3. The van der Waals surface area contributed by atoms with Gasteiger partial charge in [0, 0.05) is 16.3 Å². The van der Waals surface area contributed by atoms with Gasteiger partial charge in [-0.05, 0) is 91.9 Å². The number of amides is 1. The first kappa shape index (κ1) is 28.0. The van der Waals surface area contributed by atoms with Crippen LogP contribution < -0.4 is 14.4 Å². The number of phenolic OH excluding ortho intramolecular Hbond substituents is 1. The van der Waals surface area contributed by atoms with E-state index in [1.54, 1.807) is 62.4 Å². The first-order valence-electron chi connectivity index (χ1n) is 12.9. The summed E-state index contributed by atoms with van der Waals surface area (Å²) in [4.78, 5) is 28.5. The van der Waals surface area contributed by atoms with E-state index in [0.29, 0.717) is 46.4 Å². The van der Waals surface area contributed by atoms with Crippen LogP contribution in [0.3, 0.4) is 0 Å². The number of carbonyl (C=O) groups is 2. The third-order valence-corrected chi connectivity index (χ3v) is 6.90. The molecule has 1 heterocycles. The van der Waals surface area contributed by atoms with E-state index in [-0.39, 0.29) is 28.7 Å². The lowest BCUT2D eigenvalue weighted by molar-refractivity contribution is -0.132. The van der Waals surface area contributed by atoms with E-state index in [4.69, 9.17) is 21.1 Å². The molecule has 1 amide bonds. The van der Waals surface area contributed by atoms with Crippen molar-refractivity contribution in [1.29, 1.82) is 0 Å². The van der Waals surface area contributed by atoms with E-state index in [9.17, 15) is 19.8 Å². The number of rotatable bonds is 8. The number of aromatic hydroxyl groups is 1. The maximum atomic E-state index is 13.6. The Morgan fingerprint density at radius 2 is 1.67 bits per heavy atom. The lowest BCUT2D eigenvalue weighted by Gasteiger charge is -2.27. The zero-order valence-corrected chi connectivity index (χ0v) is 23.4. The molecular weight excluding hydrogens is 518 g/mol. The van der Waals surface area contributed by atoms with E-state index < -0.39 is 17.7 Å². The average molecular weight is 550 g/mol. The maximum Gasteiger partial charge on any atom is 0.300 e. The van der Waals surface area contributed by atoms with Gasteiger partial charge in [-0.1, -0.05) is 31.5 Å². The number of ketones is 1. The molecule has 1 fully saturated rings. The first-order valence-corrected chi connectivity index (χ1v) is 13.3. The number of phenols is 1. The van der Waals surface area contributed by atoms with Crippen molar-refractivity contribution in [2.24, 2.45) is 0 Å². The number of carbonyl (C=O) groups excluding carboxylic acids is 2. The summed E-state index contributed by atoms with van der Waals surface area (Å²) in [5.74, 6) is -1.00. The summed E-state index contributed by atoms with van der Waals surface area (Å²) >= 11 is 6.18. The second-order valence-corrected chi connectivity index (χ2v) is 10.0. The molecule has 0 saturated carbocycles. The van der Waals surface area contributed by atoms with Gasteiger partial charge in [-0.2, -0.15) is 0 Å². The molecule has 204 valence electrons. The number of aryl methyl sites for hydroxylation is 1. The van der Waals surface area contributed by atoms with Crippen molar-refractivity contribution in [1.82, 2.24) is 0 Å². The van der Waals surface area contributed by atoms with Crippen molar-refractivity contribution in [3.8, 4) is 17.2 Å². The SMILES string of the molecule is CCOc1cc(C2/C(=C(\O)c3ccc(OCC)c(C(C)C)c3)C(=O)C(=O)N2c2ccc(Cl)cc2C)ccc1O. The van der Waals surface area contributed by atoms with Crippen LogP contribution in [0.2, 0.25) is 5.02 Å². The molecule has 1 aliphatic heterocycles. The van der Waals surface area contributed by atoms with Crippen LogP contribution in [0, 0.1) is 6.92 Å². The molecule has 3 aromatic rings. The molecule has 2 N–H and O–H groups in total. The third-order valence-electron chi connectivity index (χ3n) is 6.67. The number of ether oxygens (including phenoxy) is 2. The highest BCUT2D eigenvalue weighted by Gasteiger charge is 2.47. The summed E-state index contributed by atoms with van der Waals surface area (Å²) in [5, 5.41) is 22.4. The molecule has 8 heteroatoms. The Balaban J connectivity index is 1.98. The van der Waals surface area contributed by atoms with Crippen LogP contribution >= 0.6 is 11.6 Å². The highest BCUT2D eigenvalue weighted by molar-refractivity contribution is 6.51. The van der Waals surface area contributed by atoms with Crippen molar-refractivity contribution >= 4 is 34.7 Å². The van der Waals surface area contributed by atoms with Crippen LogP contribution in [-0.4, -0.2) is 35.1 Å². The van der Waals surface area contributed by atoms with Crippen LogP contribution in [0.4, 0.5) is 5.69 Å². The topological polar surface area (TPSA) is 96.3 Å². The second-order valence-electron chi connectivity index (χ2n) is 9.60. The maximum absolute atomic E-state index is 13.6. The summed E-state index contributed by atoms with van der Waals surface area (Å²) in [6.45, 7) is 10.3. The summed E-state index contributed by atoms with van der Waals surface area (Å²) < 4.78 is 11.3. The minimum atomic E-state index is -0.987. The molecule has 7 nitrogen and oxygen atoms in total. The minimum Gasteiger partial charge on any atom is -0.507 e. The van der Waals surface area contributed by atoms with Gasteiger partial charge < -0.3 is 19.7 Å². The monoisotopic (exact) mass is 549 g/mol. The molecule has 1 aliphatic rings. The molecule has 1 unspecified atom stereocenters. The number of halogens is 1. The number of Topliss-reactive ketones (excluding diaryl/α,β-unsaturated/α-hetero) is 1. The van der Waals surface area contributed by atoms with Crippen LogP contribution in [0.15, 0.2) is 60.2 Å². The van der Waals surface area contributed by atoms with Gasteiger partial charge in [0.2, 0.25) is 0 Å². The summed E-state index contributed by atoms with van der Waals surface area (Å²) in [7, 11) is 0. The van der Waals surface area contributed by atoms with Gasteiger partial charge in [0.1, 0.15) is 11.5 Å². The van der Waals surface area contributed by atoms with Crippen molar-refractivity contribution in [3.63, 3.8) is 0 Å². The van der Waals surface area contributed by atoms with Crippen molar-refractivity contribution < 1.29 is 29.3 Å². The zero-order valence-electron chi connectivity index (χ0n) is 22.6. The zero-order chi connectivity index (χ0) is 28.4. The lowest BCUT2D eigenvalue weighted by Crippen LogP contribution is -2.30. The van der Waals surface area contributed by atoms with Crippen molar-refractivity contribution in [3.05, 3.63) is 87.4 Å². The van der Waals surface area contributed by atoms with Gasteiger partial charge >= 0.3 is 0 Å². The van der Waals surface area contributed by atoms with Gasteiger partial charge in [0.15, 0.2) is 11.5 Å². The average Bonchev–Trinajstić information content (AvgIpc) is 3.15. The fourth-order valence-corrected chi connectivity index (χ4v) is 5.07. The van der Waals surface area contributed by atoms with E-state index >= 15 is 0 Å². The normalized spacial score (nSPS) is 16.7. The van der Waals surface area contributed by atoms with Crippen LogP contribution in [0.1, 0.15) is 61.9 Å². The van der Waals surface area contributed by atoms with Gasteiger partial charge in [0.25, 0.3) is 11.7 Å². The van der Waals surface area contributed by atoms with E-state index in [0.717, 1.165) is 5.56 Å². The van der Waals surface area contributed by atoms with Gasteiger partial charge in [-0.3, -0.25) is 14.5 Å². The summed E-state index contributed by atoms with van der Waals surface area (Å²) in [5.41, 5.74) is 2.83. The predicted octanol–water partition coefficient (Wildman–Crippen LogP) is 6.90.